The number of piperidine rings is 1. The minimum atomic E-state index is 0. The maximum Gasteiger partial charge on any atom is 0.272 e. The van der Waals surface area contributed by atoms with Crippen LogP contribution in [0.2, 0.25) is 0 Å². The van der Waals surface area contributed by atoms with Crippen molar-refractivity contribution >= 4 is 30.7 Å². The van der Waals surface area contributed by atoms with E-state index in [-0.39, 0.29) is 30.7 Å². The molecule has 0 radical (unpaired) electrons. The normalized spacial score (nSPS) is 14.3. The zero-order chi connectivity index (χ0) is 16.1. The number of hydrogen-bond donors (Lipinski definition) is 1. The average Bonchev–Trinajstić information content (AvgIpc) is 3.15. The van der Waals surface area contributed by atoms with Gasteiger partial charge >= 0.3 is 0 Å². The molecule has 0 aliphatic carbocycles. The second kappa shape index (κ2) is 10.4. The molecule has 0 saturated carbocycles. The Morgan fingerprint density at radius 2 is 2.04 bits per heavy atom. The van der Waals surface area contributed by atoms with Crippen LogP contribution in [0.15, 0.2) is 36.7 Å². The minimum Gasteiger partial charge on any atom is -0.334 e. The molecular weight excluding hydrogens is 361 g/mol. The quantitative estimate of drug-likeness (QED) is 0.859. The van der Waals surface area contributed by atoms with Crippen molar-refractivity contribution < 1.29 is 4.79 Å². The molecule has 0 bridgehead atoms. The SMILES string of the molecule is CCCN(C(=O)c1cccc(-n2cccn2)n1)C1CCNCC1.Cl.Cl. The van der Waals surface area contributed by atoms with Gasteiger partial charge in [-0.1, -0.05) is 13.0 Å². The largest absolute Gasteiger partial charge is 0.334 e. The highest BCUT2D eigenvalue weighted by Crippen LogP contribution is 2.16. The fourth-order valence-corrected chi connectivity index (χ4v) is 3.03. The molecule has 0 aromatic carbocycles. The lowest BCUT2D eigenvalue weighted by molar-refractivity contribution is 0.0636. The van der Waals surface area contributed by atoms with Crippen molar-refractivity contribution in [3.8, 4) is 5.82 Å². The highest BCUT2D eigenvalue weighted by Gasteiger charge is 2.26. The van der Waals surface area contributed by atoms with Gasteiger partial charge in [0.1, 0.15) is 5.69 Å². The van der Waals surface area contributed by atoms with E-state index in [9.17, 15) is 4.79 Å². The first-order valence-electron chi connectivity index (χ1n) is 8.28. The Labute approximate surface area is 160 Å². The lowest BCUT2D eigenvalue weighted by Gasteiger charge is -2.34. The summed E-state index contributed by atoms with van der Waals surface area (Å²) in [5.41, 5.74) is 0.491. The first-order valence-corrected chi connectivity index (χ1v) is 8.28. The van der Waals surface area contributed by atoms with Gasteiger partial charge in [0.25, 0.3) is 5.91 Å². The number of rotatable bonds is 5. The fourth-order valence-electron chi connectivity index (χ4n) is 3.03. The summed E-state index contributed by atoms with van der Waals surface area (Å²) in [7, 11) is 0. The van der Waals surface area contributed by atoms with Crippen LogP contribution in [-0.2, 0) is 0 Å². The van der Waals surface area contributed by atoms with E-state index < -0.39 is 0 Å². The Morgan fingerprint density at radius 3 is 2.68 bits per heavy atom. The van der Waals surface area contributed by atoms with E-state index >= 15 is 0 Å². The Kier molecular flexibility index (Phi) is 8.89. The molecule has 0 unspecified atom stereocenters. The molecule has 1 N–H and O–H groups in total. The lowest BCUT2D eigenvalue weighted by Crippen LogP contribution is -2.46. The predicted octanol–water partition coefficient (Wildman–Crippen LogP) is 2.72. The van der Waals surface area contributed by atoms with Gasteiger partial charge in [-0.2, -0.15) is 5.10 Å². The molecule has 138 valence electrons. The molecule has 3 rings (SSSR count). The zero-order valence-corrected chi connectivity index (χ0v) is 15.9. The van der Waals surface area contributed by atoms with Crippen LogP contribution >= 0.6 is 24.8 Å². The Hall–Kier alpha value is -1.63. The summed E-state index contributed by atoms with van der Waals surface area (Å²) < 4.78 is 1.67. The molecule has 3 heterocycles. The summed E-state index contributed by atoms with van der Waals surface area (Å²) in [5.74, 6) is 0.690. The highest BCUT2D eigenvalue weighted by atomic mass is 35.5. The molecule has 1 fully saturated rings. The van der Waals surface area contributed by atoms with Crippen LogP contribution in [0.4, 0.5) is 0 Å². The number of carbonyl (C=O) groups is 1. The minimum absolute atomic E-state index is 0. The second-order valence-corrected chi connectivity index (χ2v) is 5.81. The number of aromatic nitrogens is 3. The summed E-state index contributed by atoms with van der Waals surface area (Å²) in [6.45, 7) is 4.82. The molecule has 25 heavy (non-hydrogen) atoms. The van der Waals surface area contributed by atoms with Gasteiger partial charge in [0.05, 0.1) is 0 Å². The monoisotopic (exact) mass is 385 g/mol. The number of pyridine rings is 1. The molecule has 6 nitrogen and oxygen atoms in total. The van der Waals surface area contributed by atoms with Crippen molar-refractivity contribution in [2.24, 2.45) is 0 Å². The molecule has 0 atom stereocenters. The van der Waals surface area contributed by atoms with Gasteiger partial charge in [-0.25, -0.2) is 9.67 Å². The Bertz CT molecular complexity index is 644. The van der Waals surface area contributed by atoms with Crippen LogP contribution in [0, 0.1) is 0 Å². The molecule has 1 aliphatic rings. The van der Waals surface area contributed by atoms with Crippen LogP contribution in [-0.4, -0.2) is 51.2 Å². The van der Waals surface area contributed by atoms with Crippen molar-refractivity contribution in [2.45, 2.75) is 32.2 Å². The van der Waals surface area contributed by atoms with Crippen LogP contribution in [0.5, 0.6) is 0 Å². The van der Waals surface area contributed by atoms with E-state index in [1.807, 2.05) is 29.3 Å². The summed E-state index contributed by atoms with van der Waals surface area (Å²) in [5, 5.41) is 7.53. The number of amides is 1. The van der Waals surface area contributed by atoms with E-state index in [0.717, 1.165) is 38.9 Å². The number of hydrogen-bond acceptors (Lipinski definition) is 4. The Morgan fingerprint density at radius 1 is 1.28 bits per heavy atom. The summed E-state index contributed by atoms with van der Waals surface area (Å²) in [6.07, 6.45) is 6.49. The first-order chi connectivity index (χ1) is 11.3. The van der Waals surface area contributed by atoms with E-state index in [2.05, 4.69) is 22.3 Å². The molecule has 1 saturated heterocycles. The standard InChI is InChI=1S/C17H23N5O.2ClH/c1-2-12-21(14-7-10-18-11-8-14)17(23)15-5-3-6-16(20-15)22-13-4-9-19-22;;/h3-6,9,13-14,18H,2,7-8,10-12H2,1H3;2*1H. The Balaban J connectivity index is 0.00000156. The predicted molar refractivity (Wildman–Crippen MR) is 103 cm³/mol. The van der Waals surface area contributed by atoms with Crippen molar-refractivity contribution in [1.82, 2.24) is 25.0 Å². The maximum atomic E-state index is 13.0. The second-order valence-electron chi connectivity index (χ2n) is 5.81. The van der Waals surface area contributed by atoms with Crippen LogP contribution in [0.1, 0.15) is 36.7 Å². The number of nitrogens with zero attached hydrogens (tertiary/aromatic N) is 4. The van der Waals surface area contributed by atoms with E-state index in [4.69, 9.17) is 0 Å². The number of halogens is 2. The third kappa shape index (κ3) is 5.17. The number of carbonyl (C=O) groups excluding carboxylic acids is 1. The van der Waals surface area contributed by atoms with Gasteiger partial charge in [-0.05, 0) is 50.6 Å². The smallest absolute Gasteiger partial charge is 0.272 e. The number of nitrogens with one attached hydrogen (secondary N) is 1. The third-order valence-corrected chi connectivity index (χ3v) is 4.17. The van der Waals surface area contributed by atoms with E-state index in [1.54, 1.807) is 16.9 Å². The van der Waals surface area contributed by atoms with Crippen LogP contribution in [0.3, 0.4) is 0 Å². The van der Waals surface area contributed by atoms with Gasteiger partial charge in [-0.3, -0.25) is 4.79 Å². The maximum absolute atomic E-state index is 13.0. The van der Waals surface area contributed by atoms with Crippen molar-refractivity contribution in [3.05, 3.63) is 42.4 Å². The molecule has 1 amide bonds. The summed E-state index contributed by atoms with van der Waals surface area (Å²) in [4.78, 5) is 19.5. The highest BCUT2D eigenvalue weighted by molar-refractivity contribution is 5.92. The topological polar surface area (TPSA) is 63.1 Å². The van der Waals surface area contributed by atoms with Crippen molar-refractivity contribution in [2.75, 3.05) is 19.6 Å². The van der Waals surface area contributed by atoms with Crippen LogP contribution < -0.4 is 5.32 Å². The van der Waals surface area contributed by atoms with E-state index in [1.165, 1.54) is 0 Å². The van der Waals surface area contributed by atoms with Gasteiger partial charge in [0.15, 0.2) is 5.82 Å². The molecule has 0 spiro atoms. The lowest BCUT2D eigenvalue weighted by atomic mass is 10.0. The first kappa shape index (κ1) is 21.4. The average molecular weight is 386 g/mol. The van der Waals surface area contributed by atoms with Gasteiger partial charge in [0.2, 0.25) is 0 Å². The molecular formula is C17H25Cl2N5O. The van der Waals surface area contributed by atoms with Crippen molar-refractivity contribution in [3.63, 3.8) is 0 Å². The van der Waals surface area contributed by atoms with Gasteiger partial charge < -0.3 is 10.2 Å². The molecule has 8 heteroatoms. The summed E-state index contributed by atoms with van der Waals surface area (Å²) in [6, 6.07) is 7.66. The third-order valence-electron chi connectivity index (χ3n) is 4.17. The summed E-state index contributed by atoms with van der Waals surface area (Å²) >= 11 is 0. The van der Waals surface area contributed by atoms with Crippen molar-refractivity contribution in [1.29, 1.82) is 0 Å². The van der Waals surface area contributed by atoms with E-state index in [0.29, 0.717) is 17.6 Å². The van der Waals surface area contributed by atoms with Gasteiger partial charge in [0, 0.05) is 25.0 Å². The fraction of sp³-hybridized carbons (Fsp3) is 0.471. The molecule has 1 aliphatic heterocycles. The van der Waals surface area contributed by atoms with Gasteiger partial charge in [-0.15, -0.1) is 24.8 Å². The molecule has 2 aromatic heterocycles. The zero-order valence-electron chi connectivity index (χ0n) is 14.3. The van der Waals surface area contributed by atoms with Crippen LogP contribution in [0.25, 0.3) is 5.82 Å². The molecule has 2 aromatic rings.